The largest absolute Gasteiger partial charge is 0.372 e. The zero-order valence-corrected chi connectivity index (χ0v) is 24.1. The van der Waals surface area contributed by atoms with Gasteiger partial charge < -0.3 is 15.5 Å². The maximum absolute atomic E-state index is 13.2. The van der Waals surface area contributed by atoms with Crippen molar-refractivity contribution in [3.63, 3.8) is 0 Å². The van der Waals surface area contributed by atoms with Gasteiger partial charge in [-0.1, -0.05) is 85.3 Å². The molecule has 41 heavy (non-hydrogen) atoms. The van der Waals surface area contributed by atoms with Gasteiger partial charge in [0, 0.05) is 47.2 Å². The molecule has 1 heterocycles. The molecule has 4 aromatic carbocycles. The van der Waals surface area contributed by atoms with E-state index in [-0.39, 0.29) is 17.7 Å². The molecule has 1 atom stereocenters. The van der Waals surface area contributed by atoms with Crippen LogP contribution in [0.25, 0.3) is 11.1 Å². The average Bonchev–Trinajstić information content (AvgIpc) is 3.02. The fourth-order valence-electron chi connectivity index (χ4n) is 5.70. The molecular formula is C35H36ClN3O2. The minimum Gasteiger partial charge on any atom is -0.372 e. The van der Waals surface area contributed by atoms with Crippen LogP contribution in [0.5, 0.6) is 0 Å². The minimum absolute atomic E-state index is 0.129. The Balaban J connectivity index is 1.23. The van der Waals surface area contributed by atoms with Gasteiger partial charge >= 0.3 is 0 Å². The minimum atomic E-state index is -0.178. The number of anilines is 2. The van der Waals surface area contributed by atoms with E-state index in [1.165, 1.54) is 0 Å². The Kier molecular flexibility index (Phi) is 9.37. The molecule has 1 saturated heterocycles. The maximum atomic E-state index is 13.2. The van der Waals surface area contributed by atoms with Crippen molar-refractivity contribution < 1.29 is 9.59 Å². The normalized spacial score (nSPS) is 14.3. The molecule has 0 aromatic heterocycles. The van der Waals surface area contributed by atoms with E-state index in [0.717, 1.165) is 60.4 Å². The van der Waals surface area contributed by atoms with Crippen LogP contribution in [0.1, 0.15) is 48.0 Å². The lowest BCUT2D eigenvalue weighted by Gasteiger charge is -2.37. The Morgan fingerprint density at radius 1 is 0.829 bits per heavy atom. The Morgan fingerprint density at radius 2 is 1.46 bits per heavy atom. The summed E-state index contributed by atoms with van der Waals surface area (Å²) in [4.78, 5) is 28.7. The van der Waals surface area contributed by atoms with Crippen LogP contribution in [-0.2, 0) is 4.79 Å². The number of rotatable bonds is 9. The van der Waals surface area contributed by atoms with Crippen LogP contribution >= 0.6 is 11.6 Å². The second-order valence-corrected chi connectivity index (χ2v) is 10.9. The first kappa shape index (κ1) is 28.4. The predicted octanol–water partition coefficient (Wildman–Crippen LogP) is 7.79. The number of hydrogen-bond donors (Lipinski definition) is 2. The molecule has 6 heteroatoms. The second kappa shape index (κ2) is 13.5. The van der Waals surface area contributed by atoms with Crippen LogP contribution < -0.4 is 15.5 Å². The highest BCUT2D eigenvalue weighted by Crippen LogP contribution is 2.35. The molecule has 0 bridgehead atoms. The summed E-state index contributed by atoms with van der Waals surface area (Å²) < 4.78 is 0. The zero-order valence-electron chi connectivity index (χ0n) is 23.4. The smallest absolute Gasteiger partial charge is 0.256 e. The number of benzene rings is 4. The maximum Gasteiger partial charge on any atom is 0.256 e. The summed E-state index contributed by atoms with van der Waals surface area (Å²) >= 11 is 6.42. The molecule has 5 rings (SSSR count). The highest BCUT2D eigenvalue weighted by Gasteiger charge is 2.32. The summed E-state index contributed by atoms with van der Waals surface area (Å²) in [5.74, 6) is 0.119. The number of nitrogens with zero attached hydrogens (tertiary/aromatic N) is 1. The summed E-state index contributed by atoms with van der Waals surface area (Å²) in [6, 6.07) is 33.2. The van der Waals surface area contributed by atoms with Gasteiger partial charge in [0.1, 0.15) is 0 Å². The van der Waals surface area contributed by atoms with Crippen molar-refractivity contribution in [1.82, 2.24) is 5.32 Å². The lowest BCUT2D eigenvalue weighted by Crippen LogP contribution is -2.40. The molecular weight excluding hydrogens is 530 g/mol. The Bertz CT molecular complexity index is 1460. The van der Waals surface area contributed by atoms with Crippen molar-refractivity contribution in [2.24, 2.45) is 5.92 Å². The number of amides is 2. The lowest BCUT2D eigenvalue weighted by atomic mass is 9.79. The van der Waals surface area contributed by atoms with Gasteiger partial charge in [-0.2, -0.15) is 0 Å². The standard InChI is InChI=1S/C35H36ClN3O2/c1-2-22-37-35(41)33(25-10-4-3-5-11-25)26-20-23-39(24-21-26)28-18-16-27(17-19-28)38-34(40)31-14-7-6-12-29(31)30-13-8-9-15-32(30)36/h3-19,26,33H,2,20-24H2,1H3,(H,37,41)(H,38,40). The van der Waals surface area contributed by atoms with Gasteiger partial charge in [0.05, 0.1) is 5.92 Å². The van der Waals surface area contributed by atoms with Gasteiger partial charge in [-0.05, 0) is 72.7 Å². The van der Waals surface area contributed by atoms with E-state index in [4.69, 9.17) is 11.6 Å². The summed E-state index contributed by atoms with van der Waals surface area (Å²) in [6.07, 6.45) is 2.81. The monoisotopic (exact) mass is 565 g/mol. The van der Waals surface area contributed by atoms with Crippen molar-refractivity contribution >= 4 is 34.8 Å². The Morgan fingerprint density at radius 3 is 2.15 bits per heavy atom. The number of carbonyl (C=O) groups is 2. The molecule has 1 aliphatic heterocycles. The van der Waals surface area contributed by atoms with Gasteiger partial charge in [0.15, 0.2) is 0 Å². The molecule has 1 aliphatic rings. The number of nitrogens with one attached hydrogen (secondary N) is 2. The van der Waals surface area contributed by atoms with E-state index in [9.17, 15) is 9.59 Å². The van der Waals surface area contributed by atoms with Crippen LogP contribution in [0, 0.1) is 5.92 Å². The molecule has 0 aliphatic carbocycles. The molecule has 4 aromatic rings. The quantitative estimate of drug-likeness (QED) is 0.218. The molecule has 5 nitrogen and oxygen atoms in total. The van der Waals surface area contributed by atoms with E-state index >= 15 is 0 Å². The number of piperidine rings is 1. The fraction of sp³-hybridized carbons (Fsp3) is 0.257. The highest BCUT2D eigenvalue weighted by molar-refractivity contribution is 6.33. The van der Waals surface area contributed by atoms with E-state index in [0.29, 0.717) is 23.0 Å². The molecule has 0 spiro atoms. The van der Waals surface area contributed by atoms with E-state index in [1.807, 2.05) is 78.9 Å². The van der Waals surface area contributed by atoms with Crippen LogP contribution in [-0.4, -0.2) is 31.4 Å². The van der Waals surface area contributed by atoms with Crippen LogP contribution in [0.2, 0.25) is 5.02 Å². The van der Waals surface area contributed by atoms with Gasteiger partial charge in [0.2, 0.25) is 5.91 Å². The van der Waals surface area contributed by atoms with Crippen molar-refractivity contribution in [1.29, 1.82) is 0 Å². The number of hydrogen-bond acceptors (Lipinski definition) is 3. The van der Waals surface area contributed by atoms with Crippen molar-refractivity contribution in [2.45, 2.75) is 32.1 Å². The van der Waals surface area contributed by atoms with Gasteiger partial charge in [-0.25, -0.2) is 0 Å². The molecule has 0 radical (unpaired) electrons. The van der Waals surface area contributed by atoms with Crippen molar-refractivity contribution in [2.75, 3.05) is 29.9 Å². The van der Waals surface area contributed by atoms with Gasteiger partial charge in [-0.3, -0.25) is 9.59 Å². The second-order valence-electron chi connectivity index (χ2n) is 10.5. The molecule has 2 N–H and O–H groups in total. The Hall–Kier alpha value is -4.09. The van der Waals surface area contributed by atoms with Gasteiger partial charge in [-0.15, -0.1) is 0 Å². The molecule has 210 valence electrons. The summed E-state index contributed by atoms with van der Waals surface area (Å²) in [5.41, 5.74) is 5.14. The summed E-state index contributed by atoms with van der Waals surface area (Å²) in [5, 5.41) is 6.78. The average molecular weight is 566 g/mol. The number of halogens is 1. The third-order valence-corrected chi connectivity index (χ3v) is 8.16. The van der Waals surface area contributed by atoms with Crippen LogP contribution in [0.3, 0.4) is 0 Å². The van der Waals surface area contributed by atoms with Crippen LogP contribution in [0.15, 0.2) is 103 Å². The summed E-state index contributed by atoms with van der Waals surface area (Å²) in [7, 11) is 0. The SMILES string of the molecule is CCCNC(=O)C(c1ccccc1)C1CCN(c2ccc(NC(=O)c3ccccc3-c3ccccc3Cl)cc2)CC1. The first-order valence-corrected chi connectivity index (χ1v) is 14.8. The van der Waals surface area contributed by atoms with E-state index in [1.54, 1.807) is 0 Å². The van der Waals surface area contributed by atoms with Crippen LogP contribution in [0.4, 0.5) is 11.4 Å². The van der Waals surface area contributed by atoms with Crippen molar-refractivity contribution in [3.05, 3.63) is 119 Å². The topological polar surface area (TPSA) is 61.4 Å². The third-order valence-electron chi connectivity index (χ3n) is 7.83. The third kappa shape index (κ3) is 6.80. The van der Waals surface area contributed by atoms with E-state index in [2.05, 4.69) is 46.7 Å². The van der Waals surface area contributed by atoms with Crippen molar-refractivity contribution in [3.8, 4) is 11.1 Å². The Labute approximate surface area is 247 Å². The molecule has 0 saturated carbocycles. The summed E-state index contributed by atoms with van der Waals surface area (Å²) in [6.45, 7) is 4.54. The highest BCUT2D eigenvalue weighted by atomic mass is 35.5. The first-order chi connectivity index (χ1) is 20.0. The predicted molar refractivity (Wildman–Crippen MR) is 169 cm³/mol. The van der Waals surface area contributed by atoms with Gasteiger partial charge in [0.25, 0.3) is 5.91 Å². The number of carbonyl (C=O) groups excluding carboxylic acids is 2. The molecule has 2 amide bonds. The lowest BCUT2D eigenvalue weighted by molar-refractivity contribution is -0.124. The first-order valence-electron chi connectivity index (χ1n) is 14.4. The van der Waals surface area contributed by atoms with E-state index < -0.39 is 0 Å². The zero-order chi connectivity index (χ0) is 28.6. The molecule has 1 unspecified atom stereocenters. The fourth-order valence-corrected chi connectivity index (χ4v) is 5.93. The molecule has 1 fully saturated rings.